The number of hydrogen-bond acceptors (Lipinski definition) is 3. The van der Waals surface area contributed by atoms with Gasteiger partial charge in [-0.15, -0.1) is 34.2 Å². The summed E-state index contributed by atoms with van der Waals surface area (Å²) in [5.41, 5.74) is 0. The number of rotatable bonds is 4. The van der Waals surface area contributed by atoms with Crippen LogP contribution in [-0.4, -0.2) is 39.5 Å². The molecule has 10 heteroatoms. The van der Waals surface area contributed by atoms with Gasteiger partial charge in [-0.05, 0) is 33.1 Å². The van der Waals surface area contributed by atoms with Crippen LogP contribution in [0.3, 0.4) is 0 Å². The van der Waals surface area contributed by atoms with Crippen LogP contribution in [0.5, 0.6) is 0 Å². The van der Waals surface area contributed by atoms with E-state index in [2.05, 4.69) is 25.8 Å². The molecule has 0 saturated heterocycles. The van der Waals surface area contributed by atoms with Gasteiger partial charge in [-0.1, -0.05) is 6.42 Å². The molecule has 0 aromatic carbocycles. The highest BCUT2D eigenvalue weighted by Crippen LogP contribution is 2.37. The lowest BCUT2D eigenvalue weighted by molar-refractivity contribution is -0.183. The van der Waals surface area contributed by atoms with Crippen molar-refractivity contribution in [1.29, 1.82) is 0 Å². The van der Waals surface area contributed by atoms with Crippen LogP contribution in [0.25, 0.3) is 0 Å². The number of aryl methyl sites for hydroxylation is 1. The molecule has 1 aromatic heterocycles. The van der Waals surface area contributed by atoms with Gasteiger partial charge in [-0.2, -0.15) is 13.2 Å². The minimum Gasteiger partial charge on any atom is -0.357 e. The topological polar surface area (TPSA) is 67.1 Å². The van der Waals surface area contributed by atoms with E-state index in [1.807, 2.05) is 25.5 Å². The summed E-state index contributed by atoms with van der Waals surface area (Å²) in [6, 6.07) is -0.218. The number of nitrogens with zero attached hydrogens (tertiary/aromatic N) is 4. The van der Waals surface area contributed by atoms with Gasteiger partial charge in [0.15, 0.2) is 11.8 Å². The van der Waals surface area contributed by atoms with E-state index in [1.165, 1.54) is 0 Å². The van der Waals surface area contributed by atoms with Crippen molar-refractivity contribution >= 4 is 29.9 Å². The molecule has 2 rings (SSSR count). The first kappa shape index (κ1) is 22.0. The fourth-order valence-electron chi connectivity index (χ4n) is 2.87. The normalized spacial score (nSPS) is 21.6. The molecule has 0 aliphatic heterocycles. The van der Waals surface area contributed by atoms with Crippen molar-refractivity contribution in [2.24, 2.45) is 18.0 Å². The van der Waals surface area contributed by atoms with Gasteiger partial charge >= 0.3 is 6.18 Å². The van der Waals surface area contributed by atoms with E-state index >= 15 is 0 Å². The Morgan fingerprint density at radius 3 is 2.60 bits per heavy atom. The smallest absolute Gasteiger partial charge is 0.357 e. The maximum Gasteiger partial charge on any atom is 0.391 e. The zero-order valence-electron chi connectivity index (χ0n) is 14.7. The highest BCUT2D eigenvalue weighted by Gasteiger charge is 2.42. The second-order valence-electron chi connectivity index (χ2n) is 6.16. The second kappa shape index (κ2) is 9.58. The van der Waals surface area contributed by atoms with E-state index in [0.29, 0.717) is 31.3 Å². The molecule has 0 amide bonds. The Labute approximate surface area is 163 Å². The van der Waals surface area contributed by atoms with E-state index in [9.17, 15) is 13.2 Å². The molecule has 2 N–H and O–H groups in total. The molecule has 0 spiro atoms. The lowest BCUT2D eigenvalue weighted by atomic mass is 9.85. The summed E-state index contributed by atoms with van der Waals surface area (Å²) in [6.45, 7) is 4.73. The molecule has 144 valence electrons. The van der Waals surface area contributed by atoms with Crippen molar-refractivity contribution in [3.63, 3.8) is 0 Å². The largest absolute Gasteiger partial charge is 0.391 e. The average Bonchev–Trinajstić information content (AvgIpc) is 2.84. The van der Waals surface area contributed by atoms with Crippen LogP contribution in [0, 0.1) is 12.8 Å². The molecule has 1 fully saturated rings. The number of guanidine groups is 1. The van der Waals surface area contributed by atoms with E-state index in [0.717, 1.165) is 12.2 Å². The molecule has 0 bridgehead atoms. The highest BCUT2D eigenvalue weighted by molar-refractivity contribution is 14.0. The third kappa shape index (κ3) is 6.30. The number of aliphatic imine (C=N–C) groups is 1. The highest BCUT2D eigenvalue weighted by atomic mass is 127. The molecule has 25 heavy (non-hydrogen) atoms. The zero-order chi connectivity index (χ0) is 17.7. The SMILES string of the molecule is CCNC(=NCc1nnc(C)n1C)NC1CCCC(C(F)(F)F)C1.I. The van der Waals surface area contributed by atoms with E-state index in [-0.39, 0.29) is 42.9 Å². The Hall–Kier alpha value is -1.07. The predicted molar refractivity (Wildman–Crippen MR) is 101 cm³/mol. The number of aromatic nitrogens is 3. The summed E-state index contributed by atoms with van der Waals surface area (Å²) in [7, 11) is 1.86. The second-order valence-corrected chi connectivity index (χ2v) is 6.16. The maximum atomic E-state index is 12.9. The van der Waals surface area contributed by atoms with Crippen molar-refractivity contribution < 1.29 is 13.2 Å². The molecule has 2 atom stereocenters. The van der Waals surface area contributed by atoms with Crippen molar-refractivity contribution in [3.8, 4) is 0 Å². The summed E-state index contributed by atoms with van der Waals surface area (Å²) in [6.07, 6.45) is -2.51. The number of halogens is 4. The van der Waals surface area contributed by atoms with E-state index in [4.69, 9.17) is 0 Å². The summed E-state index contributed by atoms with van der Waals surface area (Å²) >= 11 is 0. The molecule has 1 aliphatic rings. The van der Waals surface area contributed by atoms with Gasteiger partial charge < -0.3 is 15.2 Å². The molecule has 1 saturated carbocycles. The van der Waals surface area contributed by atoms with Crippen LogP contribution < -0.4 is 10.6 Å². The monoisotopic (exact) mass is 474 g/mol. The van der Waals surface area contributed by atoms with E-state index in [1.54, 1.807) is 0 Å². The van der Waals surface area contributed by atoms with E-state index < -0.39 is 12.1 Å². The Bertz CT molecular complexity index is 572. The van der Waals surface area contributed by atoms with Gasteiger partial charge in [0, 0.05) is 19.6 Å². The van der Waals surface area contributed by atoms with Crippen LogP contribution in [0.15, 0.2) is 4.99 Å². The first-order valence-corrected chi connectivity index (χ1v) is 8.27. The Kier molecular flexibility index (Phi) is 8.42. The summed E-state index contributed by atoms with van der Waals surface area (Å²) in [5.74, 6) is 0.791. The van der Waals surface area contributed by atoms with Crippen molar-refractivity contribution in [2.45, 2.75) is 58.3 Å². The fourth-order valence-corrected chi connectivity index (χ4v) is 2.87. The standard InChI is InChI=1S/C15H25F3N6.HI/c1-4-19-14(20-9-13-23-22-10(2)24(13)3)21-12-7-5-6-11(8-12)15(16,17)18;/h11-12H,4-9H2,1-3H3,(H2,19,20,21);1H. The molecular formula is C15H26F3IN6. The summed E-state index contributed by atoms with van der Waals surface area (Å²) in [5, 5.41) is 14.2. The van der Waals surface area contributed by atoms with Crippen molar-refractivity contribution in [3.05, 3.63) is 11.6 Å². The predicted octanol–water partition coefficient (Wildman–Crippen LogP) is 2.92. The lowest BCUT2D eigenvalue weighted by Gasteiger charge is -2.31. The van der Waals surface area contributed by atoms with Crippen molar-refractivity contribution in [2.75, 3.05) is 6.54 Å². The van der Waals surface area contributed by atoms with Gasteiger partial charge in [0.1, 0.15) is 12.4 Å². The summed E-state index contributed by atoms with van der Waals surface area (Å²) in [4.78, 5) is 4.43. The quantitative estimate of drug-likeness (QED) is 0.400. The van der Waals surface area contributed by atoms with Gasteiger partial charge in [0.2, 0.25) is 0 Å². The number of alkyl halides is 3. The average molecular weight is 474 g/mol. The van der Waals surface area contributed by atoms with Gasteiger partial charge in [-0.3, -0.25) is 0 Å². The molecular weight excluding hydrogens is 448 g/mol. The van der Waals surface area contributed by atoms with Gasteiger partial charge in [0.25, 0.3) is 0 Å². The first-order valence-electron chi connectivity index (χ1n) is 8.27. The molecule has 0 radical (unpaired) electrons. The van der Waals surface area contributed by atoms with Crippen LogP contribution in [0.4, 0.5) is 13.2 Å². The molecule has 1 heterocycles. The Balaban J connectivity index is 0.00000312. The minimum atomic E-state index is -4.12. The third-order valence-electron chi connectivity index (χ3n) is 4.38. The van der Waals surface area contributed by atoms with Crippen molar-refractivity contribution in [1.82, 2.24) is 25.4 Å². The first-order chi connectivity index (χ1) is 11.3. The Morgan fingerprint density at radius 2 is 2.04 bits per heavy atom. The maximum absolute atomic E-state index is 12.9. The third-order valence-corrected chi connectivity index (χ3v) is 4.38. The molecule has 1 aliphatic carbocycles. The van der Waals surface area contributed by atoms with Crippen LogP contribution in [-0.2, 0) is 13.6 Å². The van der Waals surface area contributed by atoms with Gasteiger partial charge in [0.05, 0.1) is 5.92 Å². The van der Waals surface area contributed by atoms with Gasteiger partial charge in [-0.25, -0.2) is 4.99 Å². The molecule has 1 aromatic rings. The molecule has 2 unspecified atom stereocenters. The Morgan fingerprint density at radius 1 is 1.32 bits per heavy atom. The van der Waals surface area contributed by atoms with Crippen LogP contribution >= 0.6 is 24.0 Å². The molecule has 6 nitrogen and oxygen atoms in total. The summed E-state index contributed by atoms with van der Waals surface area (Å²) < 4.78 is 40.6. The number of nitrogens with one attached hydrogen (secondary N) is 2. The van der Waals surface area contributed by atoms with Crippen LogP contribution in [0.2, 0.25) is 0 Å². The zero-order valence-corrected chi connectivity index (χ0v) is 17.1. The number of hydrogen-bond donors (Lipinski definition) is 2. The fraction of sp³-hybridized carbons (Fsp3) is 0.800. The lowest BCUT2D eigenvalue weighted by Crippen LogP contribution is -2.46. The van der Waals surface area contributed by atoms with Crippen LogP contribution in [0.1, 0.15) is 44.3 Å². The minimum absolute atomic E-state index is 0.